The molecule has 0 aliphatic carbocycles. The number of nitrogens with one attached hydrogen (secondary N) is 1. The number of ether oxygens (including phenoxy) is 11. The Bertz CT molecular complexity index is 757. The van der Waals surface area contributed by atoms with Crippen molar-refractivity contribution in [3.05, 3.63) is 35.9 Å². The SMILES string of the molecule is COC(=O)COCCOCCOCCOCCOCCOCCOCCOCCOCCNC(=O)OCc1ccccc1. The molecule has 1 N–H and O–H groups in total. The molecule has 0 fully saturated rings. The predicted molar refractivity (Wildman–Crippen MR) is 154 cm³/mol. The zero-order chi connectivity index (χ0) is 30.9. The molecule has 1 aromatic rings. The van der Waals surface area contributed by atoms with Gasteiger partial charge in [0.05, 0.1) is 119 Å². The minimum Gasteiger partial charge on any atom is -0.467 e. The number of hydrogen-bond donors (Lipinski definition) is 1. The highest BCUT2D eigenvalue weighted by molar-refractivity contribution is 5.70. The van der Waals surface area contributed by atoms with Gasteiger partial charge in [0.2, 0.25) is 0 Å². The van der Waals surface area contributed by atoms with Crippen LogP contribution in [0.4, 0.5) is 4.79 Å². The molecule has 0 aromatic heterocycles. The Balaban J connectivity index is 1.66. The molecule has 14 heteroatoms. The van der Waals surface area contributed by atoms with E-state index in [1.54, 1.807) is 0 Å². The van der Waals surface area contributed by atoms with Gasteiger partial charge in [0, 0.05) is 6.54 Å². The van der Waals surface area contributed by atoms with Gasteiger partial charge in [-0.1, -0.05) is 30.3 Å². The van der Waals surface area contributed by atoms with Crippen LogP contribution in [0.25, 0.3) is 0 Å². The van der Waals surface area contributed by atoms with Crippen molar-refractivity contribution in [2.75, 3.05) is 133 Å². The molecule has 43 heavy (non-hydrogen) atoms. The van der Waals surface area contributed by atoms with E-state index in [1.165, 1.54) is 7.11 Å². The van der Waals surface area contributed by atoms with Crippen LogP contribution in [0.5, 0.6) is 0 Å². The number of methoxy groups -OCH3 is 1. The molecular weight excluding hydrogens is 570 g/mol. The number of alkyl carbamates (subject to hydrolysis) is 1. The van der Waals surface area contributed by atoms with Gasteiger partial charge in [-0.05, 0) is 5.56 Å². The van der Waals surface area contributed by atoms with Gasteiger partial charge in [-0.15, -0.1) is 0 Å². The fraction of sp³-hybridized carbons (Fsp3) is 0.724. The molecule has 0 atom stereocenters. The number of carbonyl (C=O) groups excluding carboxylic acids is 2. The Morgan fingerprint density at radius 1 is 0.535 bits per heavy atom. The van der Waals surface area contributed by atoms with E-state index in [9.17, 15) is 9.59 Å². The van der Waals surface area contributed by atoms with Crippen LogP contribution in [-0.2, 0) is 63.5 Å². The van der Waals surface area contributed by atoms with Gasteiger partial charge < -0.3 is 57.4 Å². The lowest BCUT2D eigenvalue weighted by Gasteiger charge is -2.09. The second-order valence-electron chi connectivity index (χ2n) is 8.52. The molecule has 0 bridgehead atoms. The molecule has 248 valence electrons. The van der Waals surface area contributed by atoms with E-state index >= 15 is 0 Å². The van der Waals surface area contributed by atoms with E-state index in [2.05, 4.69) is 10.1 Å². The summed E-state index contributed by atoms with van der Waals surface area (Å²) in [6.45, 7) is 8.12. The van der Waals surface area contributed by atoms with Crippen molar-refractivity contribution >= 4 is 12.1 Å². The molecule has 0 heterocycles. The molecule has 0 aliphatic rings. The summed E-state index contributed by atoms with van der Waals surface area (Å²) in [5.74, 6) is -0.411. The van der Waals surface area contributed by atoms with E-state index in [0.717, 1.165) is 5.56 Å². The molecule has 14 nitrogen and oxygen atoms in total. The Kier molecular flexibility index (Phi) is 27.9. The first-order chi connectivity index (χ1) is 21.2. The summed E-state index contributed by atoms with van der Waals surface area (Å²) >= 11 is 0. The first-order valence-electron chi connectivity index (χ1n) is 14.4. The summed E-state index contributed by atoms with van der Waals surface area (Å²) in [6.07, 6.45) is -0.473. The van der Waals surface area contributed by atoms with E-state index in [0.29, 0.717) is 119 Å². The number of amides is 1. The van der Waals surface area contributed by atoms with Crippen LogP contribution < -0.4 is 5.32 Å². The fourth-order valence-electron chi connectivity index (χ4n) is 2.97. The van der Waals surface area contributed by atoms with Crippen molar-refractivity contribution < 1.29 is 61.7 Å². The molecule has 0 radical (unpaired) electrons. The maximum atomic E-state index is 11.6. The molecule has 0 unspecified atom stereocenters. The zero-order valence-electron chi connectivity index (χ0n) is 25.3. The van der Waals surface area contributed by atoms with Gasteiger partial charge >= 0.3 is 12.1 Å². The molecule has 1 aromatic carbocycles. The second kappa shape index (κ2) is 31.0. The summed E-state index contributed by atoms with van der Waals surface area (Å²) in [5, 5.41) is 2.63. The minimum absolute atomic E-state index is 0.0743. The van der Waals surface area contributed by atoms with Crippen molar-refractivity contribution in [1.29, 1.82) is 0 Å². The van der Waals surface area contributed by atoms with E-state index in [1.807, 2.05) is 30.3 Å². The summed E-state index contributed by atoms with van der Waals surface area (Å²) in [5.41, 5.74) is 0.935. The van der Waals surface area contributed by atoms with Gasteiger partial charge in [-0.25, -0.2) is 9.59 Å². The van der Waals surface area contributed by atoms with Crippen LogP contribution in [0.3, 0.4) is 0 Å². The largest absolute Gasteiger partial charge is 0.467 e. The van der Waals surface area contributed by atoms with Crippen LogP contribution in [0.1, 0.15) is 5.56 Å². The Hall–Kier alpha value is -2.40. The summed E-state index contributed by atoms with van der Waals surface area (Å²) < 4.78 is 57.9. The van der Waals surface area contributed by atoms with Gasteiger partial charge in [0.25, 0.3) is 0 Å². The monoisotopic (exact) mass is 619 g/mol. The molecule has 0 spiro atoms. The summed E-state index contributed by atoms with van der Waals surface area (Å²) in [4.78, 5) is 22.5. The number of benzene rings is 1. The van der Waals surface area contributed by atoms with Crippen molar-refractivity contribution in [3.63, 3.8) is 0 Å². The van der Waals surface area contributed by atoms with Crippen molar-refractivity contribution in [2.45, 2.75) is 6.61 Å². The van der Waals surface area contributed by atoms with Crippen molar-refractivity contribution in [1.82, 2.24) is 5.32 Å². The summed E-state index contributed by atoms with van der Waals surface area (Å²) in [6, 6.07) is 9.49. The highest BCUT2D eigenvalue weighted by Gasteiger charge is 2.02. The van der Waals surface area contributed by atoms with Crippen LogP contribution in [0.15, 0.2) is 30.3 Å². The number of carbonyl (C=O) groups is 2. The number of rotatable bonds is 31. The highest BCUT2D eigenvalue weighted by Crippen LogP contribution is 2.00. The van der Waals surface area contributed by atoms with Gasteiger partial charge in [0.15, 0.2) is 0 Å². The van der Waals surface area contributed by atoms with Crippen LogP contribution in [0.2, 0.25) is 0 Å². The van der Waals surface area contributed by atoms with Crippen LogP contribution in [-0.4, -0.2) is 145 Å². The van der Waals surface area contributed by atoms with Gasteiger partial charge in [0.1, 0.15) is 13.2 Å². The fourth-order valence-corrected chi connectivity index (χ4v) is 2.97. The first-order valence-corrected chi connectivity index (χ1v) is 14.4. The van der Waals surface area contributed by atoms with Gasteiger partial charge in [-0.2, -0.15) is 0 Å². The Morgan fingerprint density at radius 3 is 1.30 bits per heavy atom. The third kappa shape index (κ3) is 28.1. The van der Waals surface area contributed by atoms with E-state index in [-0.39, 0.29) is 13.2 Å². The normalized spacial score (nSPS) is 11.0. The third-order valence-electron chi connectivity index (χ3n) is 5.15. The van der Waals surface area contributed by atoms with E-state index in [4.69, 9.17) is 47.4 Å². The average molecular weight is 620 g/mol. The lowest BCUT2D eigenvalue weighted by Crippen LogP contribution is -2.28. The molecule has 1 rings (SSSR count). The van der Waals surface area contributed by atoms with Gasteiger partial charge in [-0.3, -0.25) is 0 Å². The first kappa shape index (κ1) is 38.6. The van der Waals surface area contributed by atoms with E-state index < -0.39 is 12.1 Å². The smallest absolute Gasteiger partial charge is 0.407 e. The quantitative estimate of drug-likeness (QED) is 0.0940. The molecule has 0 saturated carbocycles. The highest BCUT2D eigenvalue weighted by atomic mass is 16.6. The average Bonchev–Trinajstić information content (AvgIpc) is 3.03. The van der Waals surface area contributed by atoms with Crippen molar-refractivity contribution in [3.8, 4) is 0 Å². The molecular formula is C29H49NO13. The Labute approximate surface area is 254 Å². The second-order valence-corrected chi connectivity index (χ2v) is 8.52. The molecule has 0 saturated heterocycles. The lowest BCUT2D eigenvalue weighted by atomic mass is 10.2. The number of hydrogen-bond acceptors (Lipinski definition) is 13. The van der Waals surface area contributed by atoms with Crippen LogP contribution >= 0.6 is 0 Å². The maximum absolute atomic E-state index is 11.6. The Morgan fingerprint density at radius 2 is 0.907 bits per heavy atom. The maximum Gasteiger partial charge on any atom is 0.407 e. The van der Waals surface area contributed by atoms with Crippen molar-refractivity contribution in [2.24, 2.45) is 0 Å². The minimum atomic E-state index is -0.473. The third-order valence-corrected chi connectivity index (χ3v) is 5.15. The standard InChI is InChI=1S/C29H49NO13/c1-33-28(31)26-42-24-23-41-22-21-40-20-19-39-18-17-38-16-15-37-14-13-36-12-11-35-10-9-34-8-7-30-29(32)43-25-27-5-3-2-4-6-27/h2-6H,7-26H2,1H3,(H,30,32). The number of esters is 1. The summed E-state index contributed by atoms with van der Waals surface area (Å²) in [7, 11) is 1.31. The molecule has 1 amide bonds. The zero-order valence-corrected chi connectivity index (χ0v) is 25.3. The predicted octanol–water partition coefficient (Wildman–Crippen LogP) is 1.24. The topological polar surface area (TPSA) is 148 Å². The lowest BCUT2D eigenvalue weighted by molar-refractivity contribution is -0.146. The van der Waals surface area contributed by atoms with Crippen LogP contribution in [0, 0.1) is 0 Å². The molecule has 0 aliphatic heterocycles.